The van der Waals surface area contributed by atoms with E-state index in [1.54, 1.807) is 11.9 Å². The summed E-state index contributed by atoms with van der Waals surface area (Å²) in [7, 11) is 2.04. The minimum atomic E-state index is 0.846. The maximum atomic E-state index is 4.62. The fourth-order valence-corrected chi connectivity index (χ4v) is 2.19. The van der Waals surface area contributed by atoms with Crippen LogP contribution in [0.4, 0.5) is 11.6 Å². The summed E-state index contributed by atoms with van der Waals surface area (Å²) < 4.78 is 2.08. The van der Waals surface area contributed by atoms with Crippen LogP contribution in [0.15, 0.2) is 12.1 Å². The van der Waals surface area contributed by atoms with Crippen LogP contribution in [0.5, 0.6) is 0 Å². The van der Waals surface area contributed by atoms with Gasteiger partial charge in [-0.05, 0) is 42.9 Å². The predicted molar refractivity (Wildman–Crippen MR) is 76.7 cm³/mol. The molecule has 1 aromatic heterocycles. The molecule has 1 heterocycles. The first kappa shape index (κ1) is 12.6. The standard InChI is InChI=1S/C13H21N3S/c1-9-5-12(14-8-11-7-10(11)2)15-13(6-9)16(3)17-4/h5-6,10-11H,7-8H2,1-4H3,(H,14,15). The fourth-order valence-electron chi connectivity index (χ4n) is 1.91. The average molecular weight is 251 g/mol. The molecule has 0 saturated heterocycles. The minimum absolute atomic E-state index is 0.846. The van der Waals surface area contributed by atoms with Crippen LogP contribution < -0.4 is 9.62 Å². The van der Waals surface area contributed by atoms with Gasteiger partial charge in [-0.2, -0.15) is 0 Å². The van der Waals surface area contributed by atoms with E-state index in [4.69, 9.17) is 0 Å². The molecule has 17 heavy (non-hydrogen) atoms. The highest BCUT2D eigenvalue weighted by atomic mass is 32.2. The molecule has 1 aromatic rings. The number of aromatic nitrogens is 1. The summed E-state index contributed by atoms with van der Waals surface area (Å²) in [5.74, 6) is 3.75. The molecule has 0 amide bonds. The average Bonchev–Trinajstić information content (AvgIpc) is 3.01. The molecule has 94 valence electrons. The van der Waals surface area contributed by atoms with E-state index in [0.29, 0.717) is 0 Å². The van der Waals surface area contributed by atoms with E-state index in [1.807, 2.05) is 7.05 Å². The Labute approximate surface area is 108 Å². The van der Waals surface area contributed by atoms with Crippen molar-refractivity contribution in [1.82, 2.24) is 4.98 Å². The molecule has 1 aliphatic rings. The molecule has 0 aromatic carbocycles. The third kappa shape index (κ3) is 3.28. The second-order valence-corrected chi connectivity index (χ2v) is 5.83. The molecule has 3 nitrogen and oxygen atoms in total. The summed E-state index contributed by atoms with van der Waals surface area (Å²) in [6.07, 6.45) is 3.42. The zero-order valence-electron chi connectivity index (χ0n) is 11.0. The molecular weight excluding hydrogens is 230 g/mol. The highest BCUT2D eigenvalue weighted by Crippen LogP contribution is 2.37. The van der Waals surface area contributed by atoms with Crippen LogP contribution in [0.1, 0.15) is 18.9 Å². The number of hydrogen-bond donors (Lipinski definition) is 1. The van der Waals surface area contributed by atoms with Crippen molar-refractivity contribution in [2.45, 2.75) is 20.3 Å². The second kappa shape index (κ2) is 5.17. The Morgan fingerprint density at radius 2 is 2.24 bits per heavy atom. The van der Waals surface area contributed by atoms with Crippen LogP contribution in [0.25, 0.3) is 0 Å². The lowest BCUT2D eigenvalue weighted by atomic mass is 10.2. The third-order valence-electron chi connectivity index (χ3n) is 3.37. The van der Waals surface area contributed by atoms with Crippen LogP contribution in [0, 0.1) is 18.8 Å². The van der Waals surface area contributed by atoms with Crippen LogP contribution >= 0.6 is 11.9 Å². The Balaban J connectivity index is 2.03. The van der Waals surface area contributed by atoms with Crippen molar-refractivity contribution in [3.05, 3.63) is 17.7 Å². The Morgan fingerprint density at radius 1 is 1.53 bits per heavy atom. The van der Waals surface area contributed by atoms with Crippen molar-refractivity contribution in [3.8, 4) is 0 Å². The van der Waals surface area contributed by atoms with Crippen LogP contribution in [-0.2, 0) is 0 Å². The first-order valence-corrected chi connectivity index (χ1v) is 7.28. The van der Waals surface area contributed by atoms with Gasteiger partial charge in [-0.15, -0.1) is 0 Å². The highest BCUT2D eigenvalue weighted by Gasteiger charge is 2.31. The lowest BCUT2D eigenvalue weighted by Gasteiger charge is -2.16. The smallest absolute Gasteiger partial charge is 0.140 e. The maximum absolute atomic E-state index is 4.62. The number of hydrogen-bond acceptors (Lipinski definition) is 4. The zero-order valence-corrected chi connectivity index (χ0v) is 11.8. The van der Waals surface area contributed by atoms with Crippen molar-refractivity contribution in [1.29, 1.82) is 0 Å². The van der Waals surface area contributed by atoms with Gasteiger partial charge in [0.2, 0.25) is 0 Å². The zero-order chi connectivity index (χ0) is 12.4. The number of rotatable bonds is 5. The van der Waals surface area contributed by atoms with Gasteiger partial charge < -0.3 is 9.62 Å². The van der Waals surface area contributed by atoms with Crippen LogP contribution in [0.3, 0.4) is 0 Å². The van der Waals surface area contributed by atoms with Gasteiger partial charge in [0.1, 0.15) is 11.6 Å². The quantitative estimate of drug-likeness (QED) is 0.814. The van der Waals surface area contributed by atoms with E-state index < -0.39 is 0 Å². The summed E-state index contributed by atoms with van der Waals surface area (Å²) in [5, 5.41) is 3.45. The summed E-state index contributed by atoms with van der Waals surface area (Å²) >= 11 is 1.68. The van der Waals surface area contributed by atoms with Gasteiger partial charge in [0.05, 0.1) is 0 Å². The van der Waals surface area contributed by atoms with Crippen molar-refractivity contribution in [2.24, 2.45) is 11.8 Å². The first-order valence-electron chi connectivity index (χ1n) is 6.10. The molecule has 2 atom stereocenters. The molecule has 0 radical (unpaired) electrons. The van der Waals surface area contributed by atoms with E-state index in [0.717, 1.165) is 30.0 Å². The van der Waals surface area contributed by atoms with E-state index in [-0.39, 0.29) is 0 Å². The Hall–Kier alpha value is -0.900. The van der Waals surface area contributed by atoms with Crippen LogP contribution in [-0.4, -0.2) is 24.8 Å². The highest BCUT2D eigenvalue weighted by molar-refractivity contribution is 7.99. The third-order valence-corrected chi connectivity index (χ3v) is 4.11. The lowest BCUT2D eigenvalue weighted by molar-refractivity contribution is 0.784. The number of aryl methyl sites for hydroxylation is 1. The van der Waals surface area contributed by atoms with Crippen molar-refractivity contribution < 1.29 is 0 Å². The van der Waals surface area contributed by atoms with Gasteiger partial charge in [-0.25, -0.2) is 4.98 Å². The van der Waals surface area contributed by atoms with E-state index >= 15 is 0 Å². The maximum Gasteiger partial charge on any atom is 0.140 e. The molecule has 1 N–H and O–H groups in total. The normalized spacial score (nSPS) is 22.4. The van der Waals surface area contributed by atoms with Gasteiger partial charge in [-0.1, -0.05) is 18.9 Å². The molecule has 0 aliphatic heterocycles. The predicted octanol–water partition coefficient (Wildman–Crippen LogP) is 3.17. The molecule has 1 fully saturated rings. The first-order chi connectivity index (χ1) is 8.10. The van der Waals surface area contributed by atoms with Gasteiger partial charge in [0.15, 0.2) is 0 Å². The Kier molecular flexibility index (Phi) is 3.82. The van der Waals surface area contributed by atoms with Crippen LogP contribution in [0.2, 0.25) is 0 Å². The van der Waals surface area contributed by atoms with Crippen molar-refractivity contribution in [3.63, 3.8) is 0 Å². The second-order valence-electron chi connectivity index (χ2n) is 4.92. The number of nitrogens with one attached hydrogen (secondary N) is 1. The Bertz CT molecular complexity index is 394. The van der Waals surface area contributed by atoms with Gasteiger partial charge in [0.25, 0.3) is 0 Å². The Morgan fingerprint density at radius 3 is 2.82 bits per heavy atom. The molecule has 4 heteroatoms. The largest absolute Gasteiger partial charge is 0.370 e. The summed E-state index contributed by atoms with van der Waals surface area (Å²) in [4.78, 5) is 4.62. The summed E-state index contributed by atoms with van der Waals surface area (Å²) in [5.41, 5.74) is 1.25. The number of pyridine rings is 1. The molecular formula is C13H21N3S. The monoisotopic (exact) mass is 251 g/mol. The summed E-state index contributed by atoms with van der Waals surface area (Å²) in [6.45, 7) is 5.48. The van der Waals surface area contributed by atoms with Gasteiger partial charge in [0, 0.05) is 19.8 Å². The fraction of sp³-hybridized carbons (Fsp3) is 0.615. The molecule has 1 saturated carbocycles. The lowest BCUT2D eigenvalue weighted by Crippen LogP contribution is -2.11. The topological polar surface area (TPSA) is 28.2 Å². The summed E-state index contributed by atoms with van der Waals surface area (Å²) in [6, 6.07) is 4.23. The minimum Gasteiger partial charge on any atom is -0.370 e. The van der Waals surface area contributed by atoms with Crippen molar-refractivity contribution in [2.75, 3.05) is 29.5 Å². The number of nitrogens with zero attached hydrogens (tertiary/aromatic N) is 2. The van der Waals surface area contributed by atoms with E-state index in [1.165, 1.54) is 12.0 Å². The SMILES string of the molecule is CSN(C)c1cc(C)cc(NCC2CC2C)n1. The molecule has 0 bridgehead atoms. The van der Waals surface area contributed by atoms with Gasteiger partial charge in [-0.3, -0.25) is 0 Å². The van der Waals surface area contributed by atoms with E-state index in [9.17, 15) is 0 Å². The van der Waals surface area contributed by atoms with E-state index in [2.05, 4.69) is 46.8 Å². The molecule has 0 spiro atoms. The molecule has 2 rings (SSSR count). The molecule has 1 aliphatic carbocycles. The molecule has 2 unspecified atom stereocenters. The number of anilines is 2. The van der Waals surface area contributed by atoms with Crippen molar-refractivity contribution >= 4 is 23.6 Å². The van der Waals surface area contributed by atoms with Gasteiger partial charge >= 0.3 is 0 Å².